The summed E-state index contributed by atoms with van der Waals surface area (Å²) < 4.78 is 13.1. The highest BCUT2D eigenvalue weighted by atomic mass is 19.1. The van der Waals surface area contributed by atoms with Gasteiger partial charge in [0.05, 0.1) is 0 Å². The van der Waals surface area contributed by atoms with Crippen molar-refractivity contribution in [2.75, 3.05) is 0 Å². The van der Waals surface area contributed by atoms with Crippen molar-refractivity contribution >= 4 is 5.97 Å². The average molecular weight is 214 g/mol. The first-order valence-electron chi connectivity index (χ1n) is 4.18. The summed E-state index contributed by atoms with van der Waals surface area (Å²) in [5.41, 5.74) is 5.77. The van der Waals surface area contributed by atoms with Crippen LogP contribution in [0.25, 0.3) is 0 Å². The maximum atomic E-state index is 13.1. The number of carboxylic acids is 1. The van der Waals surface area contributed by atoms with E-state index in [1.54, 1.807) is 0 Å². The van der Waals surface area contributed by atoms with Crippen molar-refractivity contribution in [2.24, 2.45) is 11.6 Å². The van der Waals surface area contributed by atoms with E-state index < -0.39 is 17.8 Å². The minimum Gasteiger partial charge on any atom is -0.480 e. The first-order chi connectivity index (χ1) is 7.04. The Morgan fingerprint density at radius 3 is 2.73 bits per heavy atom. The average Bonchev–Trinajstić information content (AvgIpc) is 2.18. The Balaban J connectivity index is 2.79. The maximum Gasteiger partial charge on any atom is 0.320 e. The fourth-order valence-electron chi connectivity index (χ4n) is 1.11. The van der Waals surface area contributed by atoms with Crippen LogP contribution in [-0.4, -0.2) is 17.1 Å². The quantitative estimate of drug-likeness (QED) is 0.614. The zero-order valence-corrected chi connectivity index (χ0v) is 7.81. The summed E-state index contributed by atoms with van der Waals surface area (Å²) in [6.45, 7) is 0. The molecule has 82 valence electrons. The minimum atomic E-state index is -1.13. The van der Waals surface area contributed by atoms with Crippen molar-refractivity contribution in [1.82, 2.24) is 0 Å². The summed E-state index contributed by atoms with van der Waals surface area (Å²) in [6.07, 6.45) is 0.0527. The summed E-state index contributed by atoms with van der Waals surface area (Å²) in [4.78, 5) is 14.7. The minimum absolute atomic E-state index is 0.0527. The molecule has 0 spiro atoms. The summed E-state index contributed by atoms with van der Waals surface area (Å²) in [7, 11) is 0. The molecule has 0 radical (unpaired) electrons. The zero-order valence-electron chi connectivity index (χ0n) is 7.81. The number of aliphatic carboxylic acids is 1. The van der Waals surface area contributed by atoms with Crippen LogP contribution in [-0.2, 0) is 11.2 Å². The lowest BCUT2D eigenvalue weighted by atomic mass is 10.1. The predicted molar refractivity (Wildman–Crippen MR) is 50.5 cm³/mol. The molecule has 1 aromatic carbocycles. The van der Waals surface area contributed by atoms with Crippen LogP contribution in [0.1, 0.15) is 5.56 Å². The first kappa shape index (κ1) is 11.4. The van der Waals surface area contributed by atoms with Crippen LogP contribution in [0.2, 0.25) is 0 Å². The lowest BCUT2D eigenvalue weighted by Gasteiger charge is -2.07. The third-order valence-electron chi connectivity index (χ3n) is 1.90. The molecule has 0 fully saturated rings. The van der Waals surface area contributed by atoms with Crippen LogP contribution in [0.15, 0.2) is 18.2 Å². The Morgan fingerprint density at radius 2 is 2.27 bits per heavy atom. The fraction of sp³-hybridized carbons (Fsp3) is 0.222. The number of nitrogens with two attached hydrogens (primary N) is 2. The smallest absolute Gasteiger partial charge is 0.320 e. The van der Waals surface area contributed by atoms with Gasteiger partial charge in [-0.15, -0.1) is 0 Å². The Labute approximate surface area is 85.4 Å². The van der Waals surface area contributed by atoms with Gasteiger partial charge in [0.1, 0.15) is 6.04 Å². The van der Waals surface area contributed by atoms with Gasteiger partial charge in [-0.25, -0.2) is 4.39 Å². The molecule has 5 N–H and O–H groups in total. The van der Waals surface area contributed by atoms with Gasteiger partial charge >= 0.3 is 5.97 Å². The molecule has 1 unspecified atom stereocenters. The Hall–Kier alpha value is -1.66. The Kier molecular flexibility index (Phi) is 3.59. The van der Waals surface area contributed by atoms with E-state index in [9.17, 15) is 9.18 Å². The molecule has 0 aliphatic rings. The summed E-state index contributed by atoms with van der Waals surface area (Å²) >= 11 is 0. The van der Waals surface area contributed by atoms with Crippen LogP contribution in [0, 0.1) is 5.82 Å². The molecule has 1 aromatic rings. The molecule has 0 amide bonds. The van der Waals surface area contributed by atoms with Crippen LogP contribution >= 0.6 is 0 Å². The third-order valence-corrected chi connectivity index (χ3v) is 1.90. The second-order valence-corrected chi connectivity index (χ2v) is 3.03. The number of hydrogen-bond donors (Lipinski definition) is 3. The van der Waals surface area contributed by atoms with Crippen molar-refractivity contribution in [2.45, 2.75) is 12.5 Å². The van der Waals surface area contributed by atoms with Crippen molar-refractivity contribution < 1.29 is 19.1 Å². The van der Waals surface area contributed by atoms with E-state index in [2.05, 4.69) is 4.84 Å². The van der Waals surface area contributed by atoms with E-state index in [0.717, 1.165) is 6.07 Å². The number of carbonyl (C=O) groups is 1. The van der Waals surface area contributed by atoms with Gasteiger partial charge in [0.25, 0.3) is 0 Å². The number of hydrogen-bond acceptors (Lipinski definition) is 4. The fourth-order valence-corrected chi connectivity index (χ4v) is 1.11. The van der Waals surface area contributed by atoms with Gasteiger partial charge in [0.15, 0.2) is 11.6 Å². The molecule has 0 bridgehead atoms. The van der Waals surface area contributed by atoms with Crippen LogP contribution in [0.5, 0.6) is 5.75 Å². The van der Waals surface area contributed by atoms with E-state index in [4.69, 9.17) is 16.7 Å². The highest BCUT2D eigenvalue weighted by Crippen LogP contribution is 2.17. The van der Waals surface area contributed by atoms with Crippen LogP contribution < -0.4 is 16.5 Å². The molecule has 0 aliphatic carbocycles. The van der Waals surface area contributed by atoms with Crippen molar-refractivity contribution in [3.8, 4) is 5.75 Å². The van der Waals surface area contributed by atoms with Crippen molar-refractivity contribution in [1.29, 1.82) is 0 Å². The molecule has 6 heteroatoms. The van der Waals surface area contributed by atoms with E-state index in [1.807, 2.05) is 0 Å². The lowest BCUT2D eigenvalue weighted by molar-refractivity contribution is -0.138. The van der Waals surface area contributed by atoms with Gasteiger partial charge in [-0.1, -0.05) is 6.07 Å². The molecule has 0 aliphatic heterocycles. The number of benzene rings is 1. The molecule has 1 atom stereocenters. The summed E-state index contributed by atoms with van der Waals surface area (Å²) in [6, 6.07) is 2.92. The molecule has 0 saturated heterocycles. The van der Waals surface area contributed by atoms with Gasteiger partial charge in [-0.3, -0.25) is 4.79 Å². The molecule has 0 aromatic heterocycles. The van der Waals surface area contributed by atoms with E-state index in [1.165, 1.54) is 12.1 Å². The highest BCUT2D eigenvalue weighted by molar-refractivity contribution is 5.73. The second kappa shape index (κ2) is 4.72. The number of halogens is 1. The second-order valence-electron chi connectivity index (χ2n) is 3.03. The van der Waals surface area contributed by atoms with Gasteiger partial charge < -0.3 is 15.7 Å². The normalized spacial score (nSPS) is 12.2. The highest BCUT2D eigenvalue weighted by Gasteiger charge is 2.13. The third kappa shape index (κ3) is 2.90. The van der Waals surface area contributed by atoms with Crippen molar-refractivity contribution in [3.05, 3.63) is 29.6 Å². The van der Waals surface area contributed by atoms with Crippen LogP contribution in [0.3, 0.4) is 0 Å². The molecule has 0 saturated carbocycles. The zero-order chi connectivity index (χ0) is 11.4. The largest absolute Gasteiger partial charge is 0.480 e. The summed E-state index contributed by atoms with van der Waals surface area (Å²) in [5.74, 6) is 2.92. The standard InChI is InChI=1S/C9H11FN2O3/c10-6-3-5(1-2-8(6)15-12)4-7(11)9(13)14/h1-3,7H,4,11-12H2,(H,13,14). The monoisotopic (exact) mass is 214 g/mol. The summed E-state index contributed by atoms with van der Waals surface area (Å²) in [5, 5.41) is 8.55. The number of rotatable bonds is 4. The van der Waals surface area contributed by atoms with E-state index >= 15 is 0 Å². The molecular formula is C9H11FN2O3. The van der Waals surface area contributed by atoms with Crippen LogP contribution in [0.4, 0.5) is 4.39 Å². The van der Waals surface area contributed by atoms with Crippen molar-refractivity contribution in [3.63, 3.8) is 0 Å². The van der Waals surface area contributed by atoms with E-state index in [0.29, 0.717) is 5.56 Å². The maximum absolute atomic E-state index is 13.1. The first-order valence-corrected chi connectivity index (χ1v) is 4.18. The Bertz CT molecular complexity index is 370. The molecule has 15 heavy (non-hydrogen) atoms. The Morgan fingerprint density at radius 1 is 1.60 bits per heavy atom. The van der Waals surface area contributed by atoms with Gasteiger partial charge in [0.2, 0.25) is 0 Å². The van der Waals surface area contributed by atoms with Gasteiger partial charge in [0, 0.05) is 0 Å². The molecular weight excluding hydrogens is 203 g/mol. The molecule has 0 heterocycles. The van der Waals surface area contributed by atoms with E-state index in [-0.39, 0.29) is 12.2 Å². The number of carboxylic acid groups (broad SMARTS) is 1. The predicted octanol–water partition coefficient (Wildman–Crippen LogP) is 0.0326. The van der Waals surface area contributed by atoms with Gasteiger partial charge in [-0.2, -0.15) is 5.90 Å². The topological polar surface area (TPSA) is 98.6 Å². The molecule has 5 nitrogen and oxygen atoms in total. The lowest BCUT2D eigenvalue weighted by Crippen LogP contribution is -2.32. The molecule has 1 rings (SSSR count). The van der Waals surface area contributed by atoms with Gasteiger partial charge in [-0.05, 0) is 24.1 Å². The SMILES string of the molecule is NOc1ccc(CC(N)C(=O)O)cc1F.